The molecule has 126 valence electrons. The molecule has 25 heavy (non-hydrogen) atoms. The van der Waals surface area contributed by atoms with Gasteiger partial charge in [-0.05, 0) is 34.4 Å². The molecule has 1 amide bonds. The average molecular weight is 395 g/mol. The number of halogens is 1. The highest BCUT2D eigenvalue weighted by molar-refractivity contribution is 9.10. The molecule has 0 aliphatic heterocycles. The van der Waals surface area contributed by atoms with Gasteiger partial charge in [0.2, 0.25) is 5.91 Å². The van der Waals surface area contributed by atoms with Gasteiger partial charge in [-0.15, -0.1) is 0 Å². The topological polar surface area (TPSA) is 41.5 Å². The van der Waals surface area contributed by atoms with Crippen molar-refractivity contribution in [3.63, 3.8) is 0 Å². The summed E-state index contributed by atoms with van der Waals surface area (Å²) in [6.45, 7) is 2.03. The van der Waals surface area contributed by atoms with Crippen LogP contribution in [-0.2, 0) is 11.2 Å². The van der Waals surface area contributed by atoms with Crippen LogP contribution in [0, 0.1) is 0 Å². The van der Waals surface area contributed by atoms with Crippen molar-refractivity contribution in [2.45, 2.75) is 19.8 Å². The van der Waals surface area contributed by atoms with Gasteiger partial charge in [0.25, 0.3) is 0 Å². The summed E-state index contributed by atoms with van der Waals surface area (Å²) in [6.07, 6.45) is 1.05. The highest BCUT2D eigenvalue weighted by Gasteiger charge is 2.09. The van der Waals surface area contributed by atoms with Gasteiger partial charge < -0.3 is 0 Å². The summed E-state index contributed by atoms with van der Waals surface area (Å²) in [5.74, 6) is -0.116. The Morgan fingerprint density at radius 1 is 0.960 bits per heavy atom. The molecule has 4 heteroatoms. The maximum Gasteiger partial charge on any atom is 0.244 e. The number of fused-ring (bicyclic) bond motifs is 1. The lowest BCUT2D eigenvalue weighted by atomic mass is 10.0. The molecule has 0 aromatic heterocycles. The first-order valence-corrected chi connectivity index (χ1v) is 9.05. The lowest BCUT2D eigenvalue weighted by molar-refractivity contribution is -0.120. The number of amides is 1. The number of benzene rings is 3. The third-order valence-electron chi connectivity index (χ3n) is 4.07. The van der Waals surface area contributed by atoms with Gasteiger partial charge in [0.15, 0.2) is 0 Å². The number of hydrazone groups is 1. The van der Waals surface area contributed by atoms with Gasteiger partial charge in [0.1, 0.15) is 0 Å². The maximum atomic E-state index is 12.4. The fourth-order valence-corrected chi connectivity index (χ4v) is 3.28. The molecule has 0 aliphatic carbocycles. The summed E-state index contributed by atoms with van der Waals surface area (Å²) in [4.78, 5) is 12.4. The van der Waals surface area contributed by atoms with Gasteiger partial charge in [0, 0.05) is 4.47 Å². The minimum absolute atomic E-state index is 0.116. The predicted octanol–water partition coefficient (Wildman–Crippen LogP) is 5.08. The van der Waals surface area contributed by atoms with Gasteiger partial charge in [-0.3, -0.25) is 4.79 Å². The Labute approximate surface area is 155 Å². The van der Waals surface area contributed by atoms with Crippen LogP contribution in [0.3, 0.4) is 0 Å². The van der Waals surface area contributed by atoms with E-state index < -0.39 is 0 Å². The van der Waals surface area contributed by atoms with E-state index in [-0.39, 0.29) is 5.91 Å². The molecule has 0 fully saturated rings. The third kappa shape index (κ3) is 4.15. The Morgan fingerprint density at radius 2 is 1.64 bits per heavy atom. The van der Waals surface area contributed by atoms with Crippen molar-refractivity contribution in [2.24, 2.45) is 5.10 Å². The minimum atomic E-state index is -0.116. The van der Waals surface area contributed by atoms with E-state index in [2.05, 4.69) is 26.5 Å². The van der Waals surface area contributed by atoms with Crippen molar-refractivity contribution in [1.29, 1.82) is 0 Å². The Morgan fingerprint density at radius 3 is 2.36 bits per heavy atom. The van der Waals surface area contributed by atoms with Crippen LogP contribution in [0.1, 0.15) is 24.5 Å². The summed E-state index contributed by atoms with van der Waals surface area (Å²) in [5.41, 5.74) is 5.58. The second kappa shape index (κ2) is 8.08. The highest BCUT2D eigenvalue weighted by Crippen LogP contribution is 2.27. The standard InChI is InChI=1S/C21H19BrN2O/c1-2-20(15-8-4-3-5-9-15)23-24-21(25)14-16-12-13-19(22)18-11-7-6-10-17(16)18/h3-13H,2,14H2,1H3,(H,24,25)/b23-20-. The minimum Gasteiger partial charge on any atom is -0.273 e. The molecule has 0 aliphatic rings. The number of carbonyl (C=O) groups is 1. The van der Waals surface area contributed by atoms with E-state index in [1.54, 1.807) is 0 Å². The fraction of sp³-hybridized carbons (Fsp3) is 0.143. The van der Waals surface area contributed by atoms with E-state index in [0.29, 0.717) is 6.42 Å². The molecule has 0 heterocycles. The molecule has 0 bridgehead atoms. The van der Waals surface area contributed by atoms with Crippen LogP contribution in [0.2, 0.25) is 0 Å². The Kier molecular flexibility index (Phi) is 5.61. The third-order valence-corrected chi connectivity index (χ3v) is 4.76. The number of rotatable bonds is 5. The number of nitrogens with one attached hydrogen (secondary N) is 1. The first-order chi connectivity index (χ1) is 12.2. The van der Waals surface area contributed by atoms with Crippen molar-refractivity contribution in [3.8, 4) is 0 Å². The van der Waals surface area contributed by atoms with Crippen LogP contribution in [0.4, 0.5) is 0 Å². The fourth-order valence-electron chi connectivity index (χ4n) is 2.80. The molecule has 0 spiro atoms. The van der Waals surface area contributed by atoms with Crippen molar-refractivity contribution < 1.29 is 4.79 Å². The number of carbonyl (C=O) groups excluding carboxylic acids is 1. The van der Waals surface area contributed by atoms with Crippen LogP contribution in [0.15, 0.2) is 76.3 Å². The summed E-state index contributed by atoms with van der Waals surface area (Å²) in [6, 6.07) is 21.9. The Balaban J connectivity index is 1.77. The molecule has 0 atom stereocenters. The van der Waals surface area contributed by atoms with Gasteiger partial charge in [-0.25, -0.2) is 5.43 Å². The van der Waals surface area contributed by atoms with Crippen LogP contribution >= 0.6 is 15.9 Å². The van der Waals surface area contributed by atoms with Gasteiger partial charge in [0.05, 0.1) is 12.1 Å². The highest BCUT2D eigenvalue weighted by atomic mass is 79.9. The van der Waals surface area contributed by atoms with Gasteiger partial charge in [-0.2, -0.15) is 5.10 Å². The second-order valence-electron chi connectivity index (χ2n) is 5.74. The van der Waals surface area contributed by atoms with Gasteiger partial charge >= 0.3 is 0 Å². The van der Waals surface area contributed by atoms with Crippen LogP contribution in [-0.4, -0.2) is 11.6 Å². The van der Waals surface area contributed by atoms with E-state index >= 15 is 0 Å². The molecule has 0 unspecified atom stereocenters. The molecular weight excluding hydrogens is 376 g/mol. The number of hydrogen-bond acceptors (Lipinski definition) is 2. The summed E-state index contributed by atoms with van der Waals surface area (Å²) in [5, 5.41) is 6.50. The van der Waals surface area contributed by atoms with Crippen molar-refractivity contribution in [1.82, 2.24) is 5.43 Å². The largest absolute Gasteiger partial charge is 0.273 e. The van der Waals surface area contributed by atoms with E-state index in [1.807, 2.05) is 73.7 Å². The molecule has 3 aromatic carbocycles. The normalized spacial score (nSPS) is 11.5. The smallest absolute Gasteiger partial charge is 0.244 e. The molecule has 3 nitrogen and oxygen atoms in total. The summed E-state index contributed by atoms with van der Waals surface area (Å²) in [7, 11) is 0. The molecule has 0 radical (unpaired) electrons. The van der Waals surface area contributed by atoms with Crippen molar-refractivity contribution in [2.75, 3.05) is 0 Å². The molecular formula is C21H19BrN2O. The number of hydrogen-bond donors (Lipinski definition) is 1. The maximum absolute atomic E-state index is 12.4. The van der Waals surface area contributed by atoms with E-state index in [4.69, 9.17) is 0 Å². The van der Waals surface area contributed by atoms with E-state index in [0.717, 1.165) is 38.5 Å². The molecule has 3 aromatic rings. The van der Waals surface area contributed by atoms with E-state index in [9.17, 15) is 4.79 Å². The van der Waals surface area contributed by atoms with Crippen molar-refractivity contribution >= 4 is 38.3 Å². The van der Waals surface area contributed by atoms with Crippen molar-refractivity contribution in [3.05, 3.63) is 82.3 Å². The van der Waals surface area contributed by atoms with Crippen LogP contribution < -0.4 is 5.43 Å². The number of nitrogens with zero attached hydrogens (tertiary/aromatic N) is 1. The molecule has 1 N–H and O–H groups in total. The van der Waals surface area contributed by atoms with Crippen LogP contribution in [0.25, 0.3) is 10.8 Å². The lowest BCUT2D eigenvalue weighted by Crippen LogP contribution is -2.22. The zero-order chi connectivity index (χ0) is 17.6. The molecule has 0 saturated carbocycles. The first-order valence-electron chi connectivity index (χ1n) is 8.26. The SMILES string of the molecule is CC/C(=N/NC(=O)Cc1ccc(Br)c2ccccc12)c1ccccc1. The monoisotopic (exact) mass is 394 g/mol. The second-order valence-corrected chi connectivity index (χ2v) is 6.60. The van der Waals surface area contributed by atoms with Gasteiger partial charge in [-0.1, -0.05) is 83.5 Å². The summed E-state index contributed by atoms with van der Waals surface area (Å²) < 4.78 is 1.03. The Bertz CT molecular complexity index is 920. The zero-order valence-electron chi connectivity index (χ0n) is 14.0. The Hall–Kier alpha value is -2.46. The zero-order valence-corrected chi connectivity index (χ0v) is 15.6. The quantitative estimate of drug-likeness (QED) is 0.475. The molecule has 0 saturated heterocycles. The summed E-state index contributed by atoms with van der Waals surface area (Å²) >= 11 is 3.56. The first kappa shape index (κ1) is 17.4. The molecule has 3 rings (SSSR count). The van der Waals surface area contributed by atoms with E-state index in [1.165, 1.54) is 0 Å². The van der Waals surface area contributed by atoms with Crippen LogP contribution in [0.5, 0.6) is 0 Å². The average Bonchev–Trinajstić information content (AvgIpc) is 2.66. The lowest BCUT2D eigenvalue weighted by Gasteiger charge is -2.08. The predicted molar refractivity (Wildman–Crippen MR) is 107 cm³/mol.